The molecular formula is C38H36N3+. The monoisotopic (exact) mass is 534 g/mol. The van der Waals surface area contributed by atoms with Gasteiger partial charge in [0.15, 0.2) is 0 Å². The molecule has 3 nitrogen and oxygen atoms in total. The molecule has 0 spiro atoms. The third-order valence-corrected chi connectivity index (χ3v) is 7.76. The Bertz CT molecular complexity index is 1870. The van der Waals surface area contributed by atoms with Gasteiger partial charge in [-0.2, -0.15) is 0 Å². The molecule has 202 valence electrons. The quantitative estimate of drug-likeness (QED) is 0.157. The minimum absolute atomic E-state index is 0.936. The summed E-state index contributed by atoms with van der Waals surface area (Å²) >= 11 is 0. The Morgan fingerprint density at radius 2 is 1.24 bits per heavy atom. The zero-order chi connectivity index (χ0) is 29.3. The van der Waals surface area contributed by atoms with Gasteiger partial charge in [-0.05, 0) is 88.1 Å². The average Bonchev–Trinajstić information content (AvgIpc) is 3.34. The minimum Gasteiger partial charge on any atom is -0.357 e. The van der Waals surface area contributed by atoms with E-state index in [1.807, 2.05) is 72.3 Å². The van der Waals surface area contributed by atoms with E-state index < -0.39 is 0 Å². The highest BCUT2D eigenvalue weighted by atomic mass is 15.3. The molecule has 1 aliphatic rings. The Kier molecular flexibility index (Phi) is 7.56. The van der Waals surface area contributed by atoms with Crippen molar-refractivity contribution >= 4 is 11.3 Å². The SMILES string of the molecule is CC1=C(C#Cc2ccccc2)C(C)=[N+](N)/C1=C(\c1[nH]c(C)c(C#Cc2ccccc2)c1C)c1c(C)cc(C)cc1C. The van der Waals surface area contributed by atoms with Crippen LogP contribution in [-0.2, 0) is 0 Å². The van der Waals surface area contributed by atoms with E-state index in [9.17, 15) is 0 Å². The van der Waals surface area contributed by atoms with Gasteiger partial charge in [-0.25, -0.2) is 5.84 Å². The van der Waals surface area contributed by atoms with E-state index in [0.717, 1.165) is 61.8 Å². The van der Waals surface area contributed by atoms with E-state index in [4.69, 9.17) is 5.84 Å². The Morgan fingerprint density at radius 3 is 1.80 bits per heavy atom. The number of H-pyrrole nitrogens is 1. The number of hydrogen-bond donors (Lipinski definition) is 2. The van der Waals surface area contributed by atoms with Crippen LogP contribution in [0.4, 0.5) is 0 Å². The highest BCUT2D eigenvalue weighted by Gasteiger charge is 2.36. The zero-order valence-electron chi connectivity index (χ0n) is 25.0. The van der Waals surface area contributed by atoms with Crippen LogP contribution < -0.4 is 5.84 Å². The lowest BCUT2D eigenvalue weighted by Crippen LogP contribution is -2.23. The van der Waals surface area contributed by atoms with Crippen LogP contribution in [0.2, 0.25) is 0 Å². The Morgan fingerprint density at radius 1 is 0.707 bits per heavy atom. The van der Waals surface area contributed by atoms with Crippen LogP contribution >= 0.6 is 0 Å². The van der Waals surface area contributed by atoms with Gasteiger partial charge in [0.1, 0.15) is 5.57 Å². The van der Waals surface area contributed by atoms with Crippen molar-refractivity contribution in [3.05, 3.63) is 146 Å². The molecule has 3 aromatic carbocycles. The second-order valence-electron chi connectivity index (χ2n) is 10.8. The highest BCUT2D eigenvalue weighted by molar-refractivity contribution is 6.04. The number of hydrogen-bond acceptors (Lipinski definition) is 1. The first-order valence-electron chi connectivity index (χ1n) is 13.9. The predicted octanol–water partition coefficient (Wildman–Crippen LogP) is 7.44. The number of rotatable bonds is 2. The fraction of sp³-hybridized carbons (Fsp3) is 0.184. The van der Waals surface area contributed by atoms with Gasteiger partial charge in [-0.3, -0.25) is 0 Å². The standard InChI is InChI=1S/C38H35N3/c1-24-22-25(2)35(26(3)23-24)36(37-27(4)33(29(6)40-37)20-18-31-14-10-8-11-15-31)38-28(5)34(30(7)41(38)39)21-19-32-16-12-9-13-17-32/h8-17,22-23H,39H2,1-7H3/p+1. The number of nitrogens with zero attached hydrogens (tertiary/aromatic N) is 1. The third kappa shape index (κ3) is 5.28. The van der Waals surface area contributed by atoms with E-state index in [2.05, 4.69) is 82.3 Å². The lowest BCUT2D eigenvalue weighted by molar-refractivity contribution is -0.480. The summed E-state index contributed by atoms with van der Waals surface area (Å²) < 4.78 is 1.81. The highest BCUT2D eigenvalue weighted by Crippen LogP contribution is 2.39. The molecule has 41 heavy (non-hydrogen) atoms. The van der Waals surface area contributed by atoms with E-state index in [0.29, 0.717) is 0 Å². The molecule has 3 N–H and O–H groups in total. The maximum Gasteiger partial charge on any atom is 0.249 e. The van der Waals surface area contributed by atoms with Crippen molar-refractivity contribution in [3.8, 4) is 23.7 Å². The summed E-state index contributed by atoms with van der Waals surface area (Å²) in [5, 5.41) is 0. The summed E-state index contributed by atoms with van der Waals surface area (Å²) in [6.45, 7) is 14.9. The summed E-state index contributed by atoms with van der Waals surface area (Å²) in [6.07, 6.45) is 0. The number of nitrogens with one attached hydrogen (secondary N) is 1. The van der Waals surface area contributed by atoms with Crippen molar-refractivity contribution in [1.29, 1.82) is 0 Å². The molecule has 0 aliphatic carbocycles. The van der Waals surface area contributed by atoms with Gasteiger partial charge in [-0.1, -0.05) is 82.5 Å². The first-order valence-corrected chi connectivity index (χ1v) is 13.9. The van der Waals surface area contributed by atoms with Crippen LogP contribution in [0, 0.1) is 58.3 Å². The molecule has 2 heterocycles. The maximum absolute atomic E-state index is 6.89. The molecule has 4 aromatic rings. The number of hydrazone groups is 1. The number of nitrogens with two attached hydrogens (primary N) is 1. The van der Waals surface area contributed by atoms with Crippen molar-refractivity contribution in [2.24, 2.45) is 5.84 Å². The van der Waals surface area contributed by atoms with E-state index in [1.165, 1.54) is 22.3 Å². The van der Waals surface area contributed by atoms with Crippen LogP contribution in [0.25, 0.3) is 5.57 Å². The number of benzene rings is 3. The van der Waals surface area contributed by atoms with Crippen LogP contribution in [-0.4, -0.2) is 15.4 Å². The molecule has 0 radical (unpaired) electrons. The van der Waals surface area contributed by atoms with Gasteiger partial charge in [-0.15, -0.1) is 0 Å². The lowest BCUT2D eigenvalue weighted by atomic mass is 9.87. The summed E-state index contributed by atoms with van der Waals surface area (Å²) in [7, 11) is 0. The number of aryl methyl sites for hydroxylation is 4. The van der Waals surface area contributed by atoms with E-state index in [1.54, 1.807) is 0 Å². The second-order valence-corrected chi connectivity index (χ2v) is 10.8. The normalized spacial score (nSPS) is 14.0. The van der Waals surface area contributed by atoms with Crippen molar-refractivity contribution in [2.45, 2.75) is 48.5 Å². The fourth-order valence-electron chi connectivity index (χ4n) is 5.79. The van der Waals surface area contributed by atoms with Gasteiger partial charge in [0.05, 0.1) is 11.3 Å². The Balaban J connectivity index is 1.79. The van der Waals surface area contributed by atoms with Crippen LogP contribution in [0.3, 0.4) is 0 Å². The molecule has 0 amide bonds. The van der Waals surface area contributed by atoms with Gasteiger partial charge >= 0.3 is 0 Å². The van der Waals surface area contributed by atoms with Gasteiger partial charge in [0, 0.05) is 34.9 Å². The van der Waals surface area contributed by atoms with Gasteiger partial charge in [0.25, 0.3) is 0 Å². The number of aromatic amines is 1. The third-order valence-electron chi connectivity index (χ3n) is 7.76. The smallest absolute Gasteiger partial charge is 0.249 e. The van der Waals surface area contributed by atoms with Crippen LogP contribution in [0.1, 0.15) is 69.7 Å². The van der Waals surface area contributed by atoms with Gasteiger partial charge < -0.3 is 4.98 Å². The summed E-state index contributed by atoms with van der Waals surface area (Å²) in [6, 6.07) is 24.7. The summed E-state index contributed by atoms with van der Waals surface area (Å²) in [5.74, 6) is 20.4. The molecule has 0 fully saturated rings. The predicted molar refractivity (Wildman–Crippen MR) is 171 cm³/mol. The molecule has 0 saturated heterocycles. The average molecular weight is 535 g/mol. The van der Waals surface area contributed by atoms with Crippen molar-refractivity contribution in [3.63, 3.8) is 0 Å². The molecule has 5 rings (SSSR count). The molecule has 1 aliphatic heterocycles. The van der Waals surface area contributed by atoms with E-state index >= 15 is 0 Å². The summed E-state index contributed by atoms with van der Waals surface area (Å²) in [5.41, 5.74) is 16.0. The molecule has 0 atom stereocenters. The number of hydrazine groups is 1. The maximum atomic E-state index is 6.89. The number of allylic oxidation sites excluding steroid dienone is 2. The zero-order valence-corrected chi connectivity index (χ0v) is 25.0. The molecule has 0 bridgehead atoms. The van der Waals surface area contributed by atoms with Crippen molar-refractivity contribution in [1.82, 2.24) is 4.98 Å². The van der Waals surface area contributed by atoms with Crippen molar-refractivity contribution in [2.75, 3.05) is 0 Å². The Hall–Kier alpha value is -4.99. The minimum atomic E-state index is 0.936. The number of aromatic nitrogens is 1. The molecule has 3 heteroatoms. The van der Waals surface area contributed by atoms with Crippen LogP contribution in [0.15, 0.2) is 89.6 Å². The molecule has 0 unspecified atom stereocenters. The molecule has 0 saturated carbocycles. The summed E-state index contributed by atoms with van der Waals surface area (Å²) in [4.78, 5) is 3.71. The topological polar surface area (TPSA) is 44.8 Å². The van der Waals surface area contributed by atoms with Crippen molar-refractivity contribution < 1.29 is 4.68 Å². The van der Waals surface area contributed by atoms with E-state index in [-0.39, 0.29) is 0 Å². The molecule has 1 aromatic heterocycles. The van der Waals surface area contributed by atoms with Gasteiger partial charge in [0.2, 0.25) is 11.4 Å². The lowest BCUT2D eigenvalue weighted by Gasteiger charge is -2.16. The first kappa shape index (κ1) is 27.6. The molecular weight excluding hydrogens is 498 g/mol. The first-order chi connectivity index (χ1) is 19.7. The second kappa shape index (κ2) is 11.2. The van der Waals surface area contributed by atoms with Crippen LogP contribution in [0.5, 0.6) is 0 Å². The Labute approximate surface area is 244 Å². The fourth-order valence-corrected chi connectivity index (χ4v) is 5.79. The largest absolute Gasteiger partial charge is 0.357 e.